The van der Waals surface area contributed by atoms with Crippen LogP contribution >= 0.6 is 0 Å². The van der Waals surface area contributed by atoms with Crippen LogP contribution < -0.4 is 10.1 Å². The molecule has 0 radical (unpaired) electrons. The molecule has 2 N–H and O–H groups in total. The van der Waals surface area contributed by atoms with Crippen molar-refractivity contribution in [3.05, 3.63) is 29.3 Å². The van der Waals surface area contributed by atoms with Gasteiger partial charge in [-0.2, -0.15) is 0 Å². The molecule has 0 fully saturated rings. The first kappa shape index (κ1) is 18.0. The van der Waals surface area contributed by atoms with Crippen molar-refractivity contribution in [2.75, 3.05) is 19.8 Å². The third-order valence-electron chi connectivity index (χ3n) is 3.96. The number of aryl methyl sites for hydroxylation is 1. The number of aliphatic hydroxyl groups is 1. The maximum absolute atomic E-state index is 9.45. The maximum Gasteiger partial charge on any atom is 0.119 e. The number of rotatable bonds is 9. The third kappa shape index (κ3) is 5.68. The van der Waals surface area contributed by atoms with E-state index >= 15 is 0 Å². The second-order valence-electron chi connectivity index (χ2n) is 6.37. The summed E-state index contributed by atoms with van der Waals surface area (Å²) < 4.78 is 5.83. The Bertz CT molecular complexity index is 431. The van der Waals surface area contributed by atoms with E-state index in [0.717, 1.165) is 25.1 Å². The lowest BCUT2D eigenvalue weighted by Crippen LogP contribution is -2.45. The zero-order valence-electron chi connectivity index (χ0n) is 14.2. The molecule has 0 aromatic heterocycles. The van der Waals surface area contributed by atoms with Crippen LogP contribution in [0.5, 0.6) is 5.75 Å². The molecule has 0 spiro atoms. The molecule has 0 amide bonds. The number of aliphatic hydroxyl groups excluding tert-OH is 1. The zero-order chi connectivity index (χ0) is 15.9. The van der Waals surface area contributed by atoms with Gasteiger partial charge < -0.3 is 15.2 Å². The first-order chi connectivity index (χ1) is 9.91. The molecule has 120 valence electrons. The molecule has 0 aliphatic heterocycles. The van der Waals surface area contributed by atoms with Gasteiger partial charge >= 0.3 is 0 Å². The van der Waals surface area contributed by atoms with Gasteiger partial charge in [0.05, 0.1) is 13.2 Å². The third-order valence-corrected chi connectivity index (χ3v) is 3.96. The highest BCUT2D eigenvalue weighted by molar-refractivity contribution is 5.36. The molecule has 1 rings (SSSR count). The molecule has 0 saturated carbocycles. The Morgan fingerprint density at radius 2 is 2.05 bits per heavy atom. The van der Waals surface area contributed by atoms with Crippen LogP contribution in [0.1, 0.15) is 57.6 Å². The van der Waals surface area contributed by atoms with Crippen LogP contribution in [0.4, 0.5) is 0 Å². The predicted molar refractivity (Wildman–Crippen MR) is 89.2 cm³/mol. The number of nitrogens with one attached hydrogen (secondary N) is 1. The van der Waals surface area contributed by atoms with Gasteiger partial charge in [0.1, 0.15) is 5.75 Å². The molecule has 1 aromatic rings. The normalized spacial score (nSPS) is 14.2. The molecule has 0 heterocycles. The van der Waals surface area contributed by atoms with Gasteiger partial charge in [-0.25, -0.2) is 0 Å². The fraction of sp³-hybridized carbons (Fsp3) is 0.667. The molecular weight excluding hydrogens is 262 g/mol. The molecule has 3 heteroatoms. The van der Waals surface area contributed by atoms with Crippen LogP contribution in [0.15, 0.2) is 18.2 Å². The summed E-state index contributed by atoms with van der Waals surface area (Å²) in [6.45, 7) is 12.4. The molecule has 0 saturated heterocycles. The average molecular weight is 293 g/mol. The van der Waals surface area contributed by atoms with E-state index in [1.54, 1.807) is 0 Å². The predicted octanol–water partition coefficient (Wildman–Crippen LogP) is 3.64. The minimum atomic E-state index is -0.199. The summed E-state index contributed by atoms with van der Waals surface area (Å²) in [6.07, 6.45) is 1.83. The summed E-state index contributed by atoms with van der Waals surface area (Å²) in [7, 11) is 0. The van der Waals surface area contributed by atoms with E-state index in [4.69, 9.17) is 4.74 Å². The minimum Gasteiger partial charge on any atom is -0.494 e. The smallest absolute Gasteiger partial charge is 0.119 e. The van der Waals surface area contributed by atoms with Crippen molar-refractivity contribution in [1.29, 1.82) is 0 Å². The number of hydrogen-bond donors (Lipinski definition) is 2. The molecule has 1 aromatic carbocycles. The van der Waals surface area contributed by atoms with E-state index in [9.17, 15) is 5.11 Å². The first-order valence-electron chi connectivity index (χ1n) is 8.01. The van der Waals surface area contributed by atoms with E-state index in [-0.39, 0.29) is 12.1 Å². The van der Waals surface area contributed by atoms with Crippen LogP contribution in [-0.4, -0.2) is 30.4 Å². The topological polar surface area (TPSA) is 41.5 Å². The lowest BCUT2D eigenvalue weighted by molar-refractivity contribution is 0.158. The average Bonchev–Trinajstić information content (AvgIpc) is 2.43. The fourth-order valence-corrected chi connectivity index (χ4v) is 2.69. The zero-order valence-corrected chi connectivity index (χ0v) is 14.2. The molecule has 0 aliphatic carbocycles. The van der Waals surface area contributed by atoms with Gasteiger partial charge in [0.15, 0.2) is 0 Å². The van der Waals surface area contributed by atoms with Crippen molar-refractivity contribution in [3.63, 3.8) is 0 Å². The van der Waals surface area contributed by atoms with Gasteiger partial charge in [-0.3, -0.25) is 0 Å². The van der Waals surface area contributed by atoms with Crippen molar-refractivity contribution in [2.45, 2.75) is 58.9 Å². The highest BCUT2D eigenvalue weighted by Gasteiger charge is 2.20. The van der Waals surface area contributed by atoms with Gasteiger partial charge in [-0.1, -0.05) is 26.8 Å². The molecule has 0 aliphatic rings. The van der Waals surface area contributed by atoms with Crippen LogP contribution in [0.2, 0.25) is 0 Å². The summed E-state index contributed by atoms with van der Waals surface area (Å²) in [4.78, 5) is 0. The maximum atomic E-state index is 9.45. The molecule has 3 nitrogen and oxygen atoms in total. The summed E-state index contributed by atoms with van der Waals surface area (Å²) in [5.74, 6) is 1.48. The highest BCUT2D eigenvalue weighted by atomic mass is 16.5. The van der Waals surface area contributed by atoms with Crippen molar-refractivity contribution < 1.29 is 9.84 Å². The Labute approximate surface area is 129 Å². The summed E-state index contributed by atoms with van der Waals surface area (Å²) >= 11 is 0. The second-order valence-corrected chi connectivity index (χ2v) is 6.37. The Morgan fingerprint density at radius 1 is 1.33 bits per heavy atom. The van der Waals surface area contributed by atoms with E-state index in [1.807, 2.05) is 0 Å². The Morgan fingerprint density at radius 3 is 2.57 bits per heavy atom. The van der Waals surface area contributed by atoms with Gasteiger partial charge in [0, 0.05) is 5.54 Å². The Hall–Kier alpha value is -1.06. The van der Waals surface area contributed by atoms with Crippen LogP contribution in [-0.2, 0) is 0 Å². The second kappa shape index (κ2) is 8.40. The minimum absolute atomic E-state index is 0.156. The number of hydrogen-bond acceptors (Lipinski definition) is 3. The van der Waals surface area contributed by atoms with E-state index in [1.165, 1.54) is 11.1 Å². The van der Waals surface area contributed by atoms with Crippen LogP contribution in [0.3, 0.4) is 0 Å². The summed E-state index contributed by atoms with van der Waals surface area (Å²) in [5.41, 5.74) is 2.47. The lowest BCUT2D eigenvalue weighted by atomic mass is 9.97. The Balaban J connectivity index is 2.44. The van der Waals surface area contributed by atoms with Gasteiger partial charge in [0.25, 0.3) is 0 Å². The number of benzene rings is 1. The summed E-state index contributed by atoms with van der Waals surface area (Å²) in [6, 6.07) is 6.33. The lowest BCUT2D eigenvalue weighted by Gasteiger charge is -2.28. The van der Waals surface area contributed by atoms with Crippen molar-refractivity contribution in [3.8, 4) is 5.75 Å². The molecule has 1 atom stereocenters. The van der Waals surface area contributed by atoms with Crippen molar-refractivity contribution in [1.82, 2.24) is 5.32 Å². The number of ether oxygens (including phenoxy) is 1. The van der Waals surface area contributed by atoms with Gasteiger partial charge in [-0.15, -0.1) is 0 Å². The largest absolute Gasteiger partial charge is 0.494 e. The summed E-state index contributed by atoms with van der Waals surface area (Å²) in [5, 5.41) is 12.8. The van der Waals surface area contributed by atoms with Crippen LogP contribution in [0.25, 0.3) is 0 Å². The molecular formula is C18H31NO2. The highest BCUT2D eigenvalue weighted by Crippen LogP contribution is 2.23. The Kier molecular flexibility index (Phi) is 7.20. The first-order valence-corrected chi connectivity index (χ1v) is 8.01. The van der Waals surface area contributed by atoms with E-state index in [0.29, 0.717) is 12.5 Å². The van der Waals surface area contributed by atoms with Crippen LogP contribution in [0, 0.1) is 6.92 Å². The standard InChI is InChI=1S/C18H31NO2/c1-6-19-18(5,13-20)10-7-11-21-16-8-9-17(14(2)3)15(4)12-16/h8-9,12,14,19-20H,6-7,10-11,13H2,1-5H3. The molecule has 0 bridgehead atoms. The molecule has 21 heavy (non-hydrogen) atoms. The fourth-order valence-electron chi connectivity index (χ4n) is 2.69. The number of likely N-dealkylation sites (N-methyl/N-ethyl adjacent to an activating group) is 1. The quantitative estimate of drug-likeness (QED) is 0.683. The van der Waals surface area contributed by atoms with E-state index < -0.39 is 0 Å². The van der Waals surface area contributed by atoms with E-state index in [2.05, 4.69) is 58.1 Å². The monoisotopic (exact) mass is 293 g/mol. The SMILES string of the molecule is CCNC(C)(CO)CCCOc1ccc(C(C)C)c(C)c1. The van der Waals surface area contributed by atoms with Gasteiger partial charge in [0.2, 0.25) is 0 Å². The van der Waals surface area contributed by atoms with Crippen molar-refractivity contribution in [2.24, 2.45) is 0 Å². The van der Waals surface area contributed by atoms with Gasteiger partial charge in [-0.05, 0) is 62.4 Å². The molecule has 1 unspecified atom stereocenters. The van der Waals surface area contributed by atoms with Crippen molar-refractivity contribution >= 4 is 0 Å².